The van der Waals surface area contributed by atoms with Crippen LogP contribution in [0.25, 0.3) is 0 Å². The minimum Gasteiger partial charge on any atom is -0.347 e. The summed E-state index contributed by atoms with van der Waals surface area (Å²) in [6, 6.07) is 7.41. The first-order valence-corrected chi connectivity index (χ1v) is 5.33. The van der Waals surface area contributed by atoms with Crippen molar-refractivity contribution in [2.24, 2.45) is 0 Å². The van der Waals surface area contributed by atoms with Crippen molar-refractivity contribution in [1.29, 1.82) is 0 Å². The highest BCUT2D eigenvalue weighted by molar-refractivity contribution is 5.89. The van der Waals surface area contributed by atoms with E-state index in [0.29, 0.717) is 6.54 Å². The van der Waals surface area contributed by atoms with Crippen LogP contribution in [-0.4, -0.2) is 16.0 Å². The van der Waals surface area contributed by atoms with Crippen molar-refractivity contribution in [3.63, 3.8) is 0 Å². The molecule has 2 rings (SSSR count). The number of rotatable bonds is 3. The minimum absolute atomic E-state index is 0.231. The molecule has 2 amide bonds. The maximum atomic E-state index is 11.6. The molecule has 17 heavy (non-hydrogen) atoms. The first-order chi connectivity index (χ1) is 8.24. The number of carbonyl (C=O) groups excluding carboxylic acids is 1. The van der Waals surface area contributed by atoms with Crippen molar-refractivity contribution >= 4 is 11.7 Å². The topological polar surface area (TPSA) is 69.8 Å². The Kier molecular flexibility index (Phi) is 3.40. The van der Waals surface area contributed by atoms with E-state index in [4.69, 9.17) is 0 Å². The van der Waals surface area contributed by atoms with E-state index in [9.17, 15) is 4.79 Å². The number of imidazole rings is 1. The summed E-state index contributed by atoms with van der Waals surface area (Å²) in [4.78, 5) is 18.3. The maximum Gasteiger partial charge on any atom is 0.319 e. The van der Waals surface area contributed by atoms with Crippen molar-refractivity contribution in [2.45, 2.75) is 13.5 Å². The van der Waals surface area contributed by atoms with Gasteiger partial charge in [-0.25, -0.2) is 9.78 Å². The zero-order valence-electron chi connectivity index (χ0n) is 9.53. The summed E-state index contributed by atoms with van der Waals surface area (Å²) in [5.74, 6) is 0. The fraction of sp³-hybridized carbons (Fsp3) is 0.167. The van der Waals surface area contributed by atoms with Gasteiger partial charge in [0.15, 0.2) is 0 Å². The maximum absolute atomic E-state index is 11.6. The molecule has 0 spiro atoms. The van der Waals surface area contributed by atoms with Gasteiger partial charge in [-0.1, -0.05) is 12.1 Å². The third kappa shape index (κ3) is 3.34. The zero-order chi connectivity index (χ0) is 12.1. The number of amides is 2. The average Bonchev–Trinajstić information content (AvgIpc) is 2.79. The Morgan fingerprint density at radius 3 is 3.06 bits per heavy atom. The zero-order valence-corrected chi connectivity index (χ0v) is 9.53. The first-order valence-electron chi connectivity index (χ1n) is 5.33. The van der Waals surface area contributed by atoms with E-state index in [1.54, 1.807) is 12.5 Å². The summed E-state index contributed by atoms with van der Waals surface area (Å²) < 4.78 is 0. The summed E-state index contributed by atoms with van der Waals surface area (Å²) in [6.07, 6.45) is 3.25. The van der Waals surface area contributed by atoms with Crippen molar-refractivity contribution in [3.05, 3.63) is 48.0 Å². The molecular weight excluding hydrogens is 216 g/mol. The molecule has 0 aliphatic rings. The Morgan fingerprint density at radius 2 is 2.35 bits per heavy atom. The molecule has 5 nitrogen and oxygen atoms in total. The second-order valence-corrected chi connectivity index (χ2v) is 3.75. The highest BCUT2D eigenvalue weighted by Gasteiger charge is 2.01. The van der Waals surface area contributed by atoms with Gasteiger partial charge in [0, 0.05) is 11.9 Å². The third-order valence-corrected chi connectivity index (χ3v) is 2.27. The van der Waals surface area contributed by atoms with E-state index in [2.05, 4.69) is 20.6 Å². The van der Waals surface area contributed by atoms with Gasteiger partial charge in [-0.3, -0.25) is 0 Å². The van der Waals surface area contributed by atoms with E-state index in [1.807, 2.05) is 31.2 Å². The number of benzene rings is 1. The van der Waals surface area contributed by atoms with E-state index in [-0.39, 0.29) is 6.03 Å². The van der Waals surface area contributed by atoms with Crippen LogP contribution in [0.4, 0.5) is 10.5 Å². The third-order valence-electron chi connectivity index (χ3n) is 2.27. The minimum atomic E-state index is -0.231. The second-order valence-electron chi connectivity index (χ2n) is 3.75. The number of anilines is 1. The average molecular weight is 230 g/mol. The van der Waals surface area contributed by atoms with Gasteiger partial charge in [-0.05, 0) is 24.6 Å². The second kappa shape index (κ2) is 5.16. The molecule has 0 radical (unpaired) electrons. The van der Waals surface area contributed by atoms with Crippen LogP contribution in [0.5, 0.6) is 0 Å². The number of hydrogen-bond acceptors (Lipinski definition) is 2. The van der Waals surface area contributed by atoms with Crippen LogP contribution in [0.15, 0.2) is 36.8 Å². The highest BCUT2D eigenvalue weighted by Crippen LogP contribution is 2.08. The van der Waals surface area contributed by atoms with E-state index in [1.165, 1.54) is 0 Å². The molecule has 0 bridgehead atoms. The lowest BCUT2D eigenvalue weighted by Gasteiger charge is -2.07. The smallest absolute Gasteiger partial charge is 0.319 e. The number of aromatic nitrogens is 2. The van der Waals surface area contributed by atoms with E-state index in [0.717, 1.165) is 16.9 Å². The number of carbonyl (C=O) groups is 1. The number of nitrogens with one attached hydrogen (secondary N) is 3. The lowest BCUT2D eigenvalue weighted by molar-refractivity contribution is 0.251. The number of H-pyrrole nitrogens is 1. The van der Waals surface area contributed by atoms with Crippen LogP contribution < -0.4 is 10.6 Å². The summed E-state index contributed by atoms with van der Waals surface area (Å²) in [5, 5.41) is 5.49. The number of aromatic amines is 1. The Bertz CT molecular complexity index is 493. The molecule has 1 aromatic heterocycles. The summed E-state index contributed by atoms with van der Waals surface area (Å²) in [5.41, 5.74) is 2.76. The molecule has 88 valence electrons. The fourth-order valence-corrected chi connectivity index (χ4v) is 1.45. The molecule has 0 atom stereocenters. The van der Waals surface area contributed by atoms with Crippen molar-refractivity contribution in [1.82, 2.24) is 15.3 Å². The van der Waals surface area contributed by atoms with Gasteiger partial charge in [0.2, 0.25) is 0 Å². The monoisotopic (exact) mass is 230 g/mol. The Labute approximate surface area is 99.3 Å². The number of urea groups is 1. The summed E-state index contributed by atoms with van der Waals surface area (Å²) in [6.45, 7) is 2.41. The molecule has 0 saturated heterocycles. The van der Waals surface area contributed by atoms with Gasteiger partial charge in [0.25, 0.3) is 0 Å². The summed E-state index contributed by atoms with van der Waals surface area (Å²) >= 11 is 0. The van der Waals surface area contributed by atoms with Crippen molar-refractivity contribution in [3.8, 4) is 0 Å². The van der Waals surface area contributed by atoms with E-state index >= 15 is 0 Å². The predicted octanol–water partition coefficient (Wildman–Crippen LogP) is 2.04. The Balaban J connectivity index is 1.85. The number of aryl methyl sites for hydroxylation is 1. The molecule has 3 N–H and O–H groups in total. The molecular formula is C12H14N4O. The van der Waals surface area contributed by atoms with Crippen LogP contribution in [0.3, 0.4) is 0 Å². The molecule has 2 aromatic rings. The van der Waals surface area contributed by atoms with Crippen LogP contribution in [0.1, 0.15) is 11.3 Å². The molecule has 0 saturated carbocycles. The van der Waals surface area contributed by atoms with Crippen molar-refractivity contribution < 1.29 is 4.79 Å². The fourth-order valence-electron chi connectivity index (χ4n) is 1.45. The van der Waals surface area contributed by atoms with Gasteiger partial charge in [-0.2, -0.15) is 0 Å². The van der Waals surface area contributed by atoms with Crippen molar-refractivity contribution in [2.75, 3.05) is 5.32 Å². The lowest BCUT2D eigenvalue weighted by Crippen LogP contribution is -2.28. The molecule has 5 heteroatoms. The van der Waals surface area contributed by atoms with Gasteiger partial charge < -0.3 is 15.6 Å². The molecule has 1 heterocycles. The highest BCUT2D eigenvalue weighted by atomic mass is 16.2. The Hall–Kier alpha value is -2.30. The normalized spacial score (nSPS) is 9.94. The standard InChI is InChI=1S/C12H14N4O/c1-9-3-2-4-10(5-9)16-12(17)14-7-11-6-13-8-15-11/h2-6,8H,7H2,1H3,(H,13,15)(H2,14,16,17). The quantitative estimate of drug-likeness (QED) is 0.755. The molecule has 0 unspecified atom stereocenters. The SMILES string of the molecule is Cc1cccc(NC(=O)NCc2cnc[nH]2)c1. The number of hydrogen-bond donors (Lipinski definition) is 3. The molecule has 1 aromatic carbocycles. The first kappa shape index (κ1) is 11.2. The largest absolute Gasteiger partial charge is 0.347 e. The van der Waals surface area contributed by atoms with Gasteiger partial charge in [0.05, 0.1) is 18.6 Å². The van der Waals surface area contributed by atoms with Crippen LogP contribution in [-0.2, 0) is 6.54 Å². The van der Waals surface area contributed by atoms with Gasteiger partial charge >= 0.3 is 6.03 Å². The van der Waals surface area contributed by atoms with Crippen LogP contribution >= 0.6 is 0 Å². The predicted molar refractivity (Wildman–Crippen MR) is 65.6 cm³/mol. The number of nitrogens with zero attached hydrogens (tertiary/aromatic N) is 1. The molecule has 0 aliphatic carbocycles. The molecule has 0 fully saturated rings. The van der Waals surface area contributed by atoms with Gasteiger partial charge in [-0.15, -0.1) is 0 Å². The van der Waals surface area contributed by atoms with Gasteiger partial charge in [0.1, 0.15) is 0 Å². The Morgan fingerprint density at radius 1 is 1.47 bits per heavy atom. The van der Waals surface area contributed by atoms with Crippen LogP contribution in [0, 0.1) is 6.92 Å². The van der Waals surface area contributed by atoms with Crippen LogP contribution in [0.2, 0.25) is 0 Å². The summed E-state index contributed by atoms with van der Waals surface area (Å²) in [7, 11) is 0. The van der Waals surface area contributed by atoms with E-state index < -0.39 is 0 Å². The molecule has 0 aliphatic heterocycles. The lowest BCUT2D eigenvalue weighted by atomic mass is 10.2.